The van der Waals surface area contributed by atoms with E-state index in [0.29, 0.717) is 17.3 Å². The molecule has 4 heteroatoms. The largest absolute Gasteiger partial charge is 0.398 e. The summed E-state index contributed by atoms with van der Waals surface area (Å²) < 4.78 is 4.93. The average molecular weight is 201 g/mol. The van der Waals surface area contributed by atoms with Crippen LogP contribution in [0.3, 0.4) is 0 Å². The maximum Gasteiger partial charge on any atom is 0.0655 e. The molecule has 0 aliphatic carbocycles. The van der Waals surface area contributed by atoms with Gasteiger partial charge in [-0.15, -0.1) is 0 Å². The first-order valence-corrected chi connectivity index (χ1v) is 4.32. The molecule has 1 atom stereocenters. The molecule has 0 heterocycles. The van der Waals surface area contributed by atoms with Gasteiger partial charge in [-0.25, -0.2) is 0 Å². The molecule has 72 valence electrons. The highest BCUT2D eigenvalue weighted by atomic mass is 35.5. The molecule has 0 amide bonds. The van der Waals surface area contributed by atoms with Crippen LogP contribution in [0.4, 0.5) is 5.69 Å². The van der Waals surface area contributed by atoms with E-state index in [9.17, 15) is 0 Å². The average Bonchev–Trinajstić information content (AvgIpc) is 2.10. The number of anilines is 1. The van der Waals surface area contributed by atoms with E-state index in [1.54, 1.807) is 19.2 Å². The minimum atomic E-state index is -0.150. The molecule has 1 aromatic carbocycles. The fourth-order valence-electron chi connectivity index (χ4n) is 1.05. The summed E-state index contributed by atoms with van der Waals surface area (Å²) in [5.41, 5.74) is 12.9. The van der Waals surface area contributed by atoms with Gasteiger partial charge in [0.05, 0.1) is 23.4 Å². The number of hydrogen-bond donors (Lipinski definition) is 2. The van der Waals surface area contributed by atoms with Crippen molar-refractivity contribution in [3.8, 4) is 0 Å². The molecule has 0 saturated carbocycles. The van der Waals surface area contributed by atoms with Crippen molar-refractivity contribution < 1.29 is 4.74 Å². The first-order valence-electron chi connectivity index (χ1n) is 3.94. The number of rotatable bonds is 3. The Balaban J connectivity index is 2.84. The van der Waals surface area contributed by atoms with E-state index in [0.717, 1.165) is 5.56 Å². The van der Waals surface area contributed by atoms with Crippen molar-refractivity contribution in [2.24, 2.45) is 5.73 Å². The molecular weight excluding hydrogens is 188 g/mol. The van der Waals surface area contributed by atoms with Crippen LogP contribution in [0.25, 0.3) is 0 Å². The first-order chi connectivity index (χ1) is 6.15. The van der Waals surface area contributed by atoms with Crippen LogP contribution in [-0.2, 0) is 4.74 Å². The number of ether oxygens (including phenoxy) is 1. The maximum atomic E-state index is 5.84. The highest BCUT2D eigenvalue weighted by Gasteiger charge is 2.06. The predicted molar refractivity (Wildman–Crippen MR) is 54.7 cm³/mol. The summed E-state index contributed by atoms with van der Waals surface area (Å²) in [4.78, 5) is 0. The van der Waals surface area contributed by atoms with Crippen molar-refractivity contribution in [2.45, 2.75) is 6.04 Å². The lowest BCUT2D eigenvalue weighted by Crippen LogP contribution is -2.16. The van der Waals surface area contributed by atoms with E-state index in [1.807, 2.05) is 6.07 Å². The zero-order valence-corrected chi connectivity index (χ0v) is 8.21. The van der Waals surface area contributed by atoms with Gasteiger partial charge < -0.3 is 16.2 Å². The molecule has 0 aromatic heterocycles. The van der Waals surface area contributed by atoms with Gasteiger partial charge in [-0.3, -0.25) is 0 Å². The molecule has 3 nitrogen and oxygen atoms in total. The Morgan fingerprint density at radius 1 is 1.54 bits per heavy atom. The molecule has 1 aromatic rings. The highest BCUT2D eigenvalue weighted by Crippen LogP contribution is 2.22. The molecule has 0 aliphatic heterocycles. The summed E-state index contributed by atoms with van der Waals surface area (Å²) in [7, 11) is 1.61. The lowest BCUT2D eigenvalue weighted by atomic mass is 10.1. The molecule has 0 saturated heterocycles. The summed E-state index contributed by atoms with van der Waals surface area (Å²) >= 11 is 5.84. The third-order valence-corrected chi connectivity index (χ3v) is 2.13. The van der Waals surface area contributed by atoms with Gasteiger partial charge in [-0.2, -0.15) is 0 Å². The van der Waals surface area contributed by atoms with E-state index in [1.165, 1.54) is 0 Å². The van der Waals surface area contributed by atoms with Crippen LogP contribution >= 0.6 is 11.6 Å². The lowest BCUT2D eigenvalue weighted by Gasteiger charge is -2.11. The second-order valence-electron chi connectivity index (χ2n) is 2.84. The minimum Gasteiger partial charge on any atom is -0.398 e. The van der Waals surface area contributed by atoms with Crippen LogP contribution in [0.15, 0.2) is 18.2 Å². The lowest BCUT2D eigenvalue weighted by molar-refractivity contribution is 0.181. The zero-order valence-electron chi connectivity index (χ0n) is 7.46. The van der Waals surface area contributed by atoms with Gasteiger partial charge in [0.2, 0.25) is 0 Å². The molecule has 13 heavy (non-hydrogen) atoms. The van der Waals surface area contributed by atoms with Crippen LogP contribution < -0.4 is 11.5 Å². The first kappa shape index (κ1) is 10.3. The molecule has 1 rings (SSSR count). The second-order valence-corrected chi connectivity index (χ2v) is 3.25. The summed E-state index contributed by atoms with van der Waals surface area (Å²) in [6.45, 7) is 0.472. The van der Waals surface area contributed by atoms with Crippen molar-refractivity contribution in [1.29, 1.82) is 0 Å². The van der Waals surface area contributed by atoms with Crippen molar-refractivity contribution in [3.05, 3.63) is 28.8 Å². The predicted octanol–water partition coefficient (Wildman–Crippen LogP) is 1.57. The topological polar surface area (TPSA) is 61.3 Å². The molecule has 0 radical (unpaired) electrons. The Morgan fingerprint density at radius 2 is 2.23 bits per heavy atom. The molecule has 0 aliphatic rings. The standard InChI is InChI=1S/C9H13ClN2O/c1-13-5-9(12)6-2-3-8(11)7(10)4-6/h2-4,9H,5,11-12H2,1H3/t9-/m1/s1. The number of nitrogen functional groups attached to an aromatic ring is 1. The quantitative estimate of drug-likeness (QED) is 0.729. The van der Waals surface area contributed by atoms with E-state index >= 15 is 0 Å². The Morgan fingerprint density at radius 3 is 2.77 bits per heavy atom. The second kappa shape index (κ2) is 4.46. The summed E-state index contributed by atoms with van der Waals surface area (Å²) in [5, 5.41) is 0.532. The summed E-state index contributed by atoms with van der Waals surface area (Å²) in [6.07, 6.45) is 0. The number of nitrogens with two attached hydrogens (primary N) is 2. The smallest absolute Gasteiger partial charge is 0.0655 e. The van der Waals surface area contributed by atoms with Crippen molar-refractivity contribution in [3.63, 3.8) is 0 Å². The van der Waals surface area contributed by atoms with Crippen LogP contribution in [-0.4, -0.2) is 13.7 Å². The summed E-state index contributed by atoms with van der Waals surface area (Å²) in [5.74, 6) is 0. The normalized spacial score (nSPS) is 12.8. The SMILES string of the molecule is COC[C@@H](N)c1ccc(N)c(Cl)c1. The molecule has 0 bridgehead atoms. The number of methoxy groups -OCH3 is 1. The number of halogens is 1. The Kier molecular flexibility index (Phi) is 3.54. The van der Waals surface area contributed by atoms with Crippen molar-refractivity contribution >= 4 is 17.3 Å². The van der Waals surface area contributed by atoms with Gasteiger partial charge in [0.15, 0.2) is 0 Å². The third-order valence-electron chi connectivity index (χ3n) is 1.80. The van der Waals surface area contributed by atoms with Crippen LogP contribution in [0.1, 0.15) is 11.6 Å². The molecule has 0 unspecified atom stereocenters. The highest BCUT2D eigenvalue weighted by molar-refractivity contribution is 6.33. The Hall–Kier alpha value is -0.770. The van der Waals surface area contributed by atoms with Crippen LogP contribution in [0, 0.1) is 0 Å². The summed E-state index contributed by atoms with van der Waals surface area (Å²) in [6, 6.07) is 5.21. The molecular formula is C9H13ClN2O. The van der Waals surface area contributed by atoms with E-state index in [4.69, 9.17) is 27.8 Å². The minimum absolute atomic E-state index is 0.150. The van der Waals surface area contributed by atoms with Crippen LogP contribution in [0.2, 0.25) is 5.02 Å². The van der Waals surface area contributed by atoms with Gasteiger partial charge in [0, 0.05) is 7.11 Å². The van der Waals surface area contributed by atoms with Gasteiger partial charge in [0.1, 0.15) is 0 Å². The van der Waals surface area contributed by atoms with Gasteiger partial charge in [-0.05, 0) is 17.7 Å². The molecule has 0 spiro atoms. The van der Waals surface area contributed by atoms with E-state index in [2.05, 4.69) is 0 Å². The number of hydrogen-bond acceptors (Lipinski definition) is 3. The van der Waals surface area contributed by atoms with Crippen LogP contribution in [0.5, 0.6) is 0 Å². The zero-order chi connectivity index (χ0) is 9.84. The molecule has 0 fully saturated rings. The fourth-order valence-corrected chi connectivity index (χ4v) is 1.24. The van der Waals surface area contributed by atoms with Gasteiger partial charge in [-0.1, -0.05) is 17.7 Å². The van der Waals surface area contributed by atoms with Crippen molar-refractivity contribution in [1.82, 2.24) is 0 Å². The van der Waals surface area contributed by atoms with E-state index < -0.39 is 0 Å². The Labute approximate surface area is 82.6 Å². The van der Waals surface area contributed by atoms with Gasteiger partial charge in [0.25, 0.3) is 0 Å². The maximum absolute atomic E-state index is 5.84. The Bertz CT molecular complexity index is 291. The number of benzene rings is 1. The molecule has 4 N–H and O–H groups in total. The third kappa shape index (κ3) is 2.59. The van der Waals surface area contributed by atoms with Gasteiger partial charge >= 0.3 is 0 Å². The van der Waals surface area contributed by atoms with E-state index in [-0.39, 0.29) is 6.04 Å². The monoisotopic (exact) mass is 200 g/mol. The fraction of sp³-hybridized carbons (Fsp3) is 0.333. The van der Waals surface area contributed by atoms with Crippen molar-refractivity contribution in [2.75, 3.05) is 19.5 Å².